The van der Waals surface area contributed by atoms with Gasteiger partial charge >= 0.3 is 5.97 Å². The summed E-state index contributed by atoms with van der Waals surface area (Å²) in [5.74, 6) is -1.21. The molecule has 1 aromatic rings. The second-order valence-corrected chi connectivity index (χ2v) is 7.13. The summed E-state index contributed by atoms with van der Waals surface area (Å²) >= 11 is 3.16. The topological polar surface area (TPSA) is 74.7 Å². The molecule has 1 heterocycles. The van der Waals surface area contributed by atoms with Crippen molar-refractivity contribution in [1.29, 1.82) is 0 Å². The molecule has 1 fully saturated rings. The number of carbonyl (C=O) groups excluding carboxylic acids is 2. The zero-order chi connectivity index (χ0) is 14.9. The maximum absolute atomic E-state index is 12.0. The third-order valence-electron chi connectivity index (χ3n) is 2.90. The molecule has 5 nitrogen and oxygen atoms in total. The van der Waals surface area contributed by atoms with Crippen molar-refractivity contribution in [2.75, 3.05) is 11.4 Å². The lowest BCUT2D eigenvalue weighted by Gasteiger charge is -2.19. The number of carbonyl (C=O) groups is 3. The van der Waals surface area contributed by atoms with Crippen LogP contribution in [0.15, 0.2) is 18.2 Å². The quantitative estimate of drug-likeness (QED) is 0.782. The second-order valence-electron chi connectivity index (χ2n) is 4.41. The molecule has 0 spiro atoms. The molecule has 1 aromatic carbocycles. The molecule has 0 bridgehead atoms. The van der Waals surface area contributed by atoms with Gasteiger partial charge in [0.1, 0.15) is 0 Å². The fourth-order valence-corrected chi connectivity index (χ4v) is 3.55. The molecule has 1 unspecified atom stereocenters. The molecule has 0 aromatic heterocycles. The van der Waals surface area contributed by atoms with Crippen molar-refractivity contribution in [3.8, 4) is 0 Å². The first kappa shape index (κ1) is 15.3. The van der Waals surface area contributed by atoms with Gasteiger partial charge in [-0.15, -0.1) is 0 Å². The Morgan fingerprint density at radius 2 is 2.15 bits per heavy atom. The number of benzene rings is 1. The number of amides is 1. The summed E-state index contributed by atoms with van der Waals surface area (Å²) in [6.45, 7) is 1.83. The van der Waals surface area contributed by atoms with Gasteiger partial charge in [0.25, 0.3) is 0 Å². The van der Waals surface area contributed by atoms with Gasteiger partial charge < -0.3 is 10.0 Å². The molecule has 1 atom stereocenters. The first-order valence-corrected chi connectivity index (χ1v) is 7.84. The lowest BCUT2D eigenvalue weighted by Crippen LogP contribution is -2.27. The van der Waals surface area contributed by atoms with Crippen molar-refractivity contribution in [2.24, 2.45) is 0 Å². The summed E-state index contributed by atoms with van der Waals surface area (Å²) in [6.07, 6.45) is 0.259. The number of carboxylic acid groups (broad SMARTS) is 1. The number of hydrogen-bond donors (Lipinski definition) is 1. The van der Waals surface area contributed by atoms with E-state index in [1.165, 1.54) is 17.9 Å². The van der Waals surface area contributed by atoms with Gasteiger partial charge in [0.15, 0.2) is 5.12 Å². The Morgan fingerprint density at radius 3 is 2.75 bits per heavy atom. The Labute approximate surface area is 133 Å². The summed E-state index contributed by atoms with van der Waals surface area (Å²) < 4.78 is 0.796. The first-order valence-electron chi connectivity index (χ1n) is 5.89. The molecule has 1 aliphatic rings. The van der Waals surface area contributed by atoms with Crippen molar-refractivity contribution in [3.05, 3.63) is 27.3 Å². The number of hydrogen-bond acceptors (Lipinski definition) is 4. The zero-order valence-corrected chi connectivity index (χ0v) is 13.6. The second kappa shape index (κ2) is 6.13. The molecule has 106 valence electrons. The van der Waals surface area contributed by atoms with Gasteiger partial charge in [-0.2, -0.15) is 0 Å². The van der Waals surface area contributed by atoms with Crippen LogP contribution >= 0.6 is 34.4 Å². The molecule has 1 aliphatic heterocycles. The monoisotopic (exact) mass is 405 g/mol. The minimum Gasteiger partial charge on any atom is -0.478 e. The maximum Gasteiger partial charge on any atom is 0.337 e. The molecule has 1 N–H and O–H groups in total. The Morgan fingerprint density at radius 1 is 1.45 bits per heavy atom. The van der Waals surface area contributed by atoms with E-state index in [1.807, 2.05) is 22.6 Å². The average molecular weight is 405 g/mol. The molecule has 0 saturated carbocycles. The van der Waals surface area contributed by atoms with E-state index in [-0.39, 0.29) is 28.3 Å². The molecule has 1 amide bonds. The summed E-state index contributed by atoms with van der Waals surface area (Å²) in [4.78, 5) is 35.9. The summed E-state index contributed by atoms with van der Waals surface area (Å²) in [6, 6.07) is 4.95. The van der Waals surface area contributed by atoms with Crippen LogP contribution in [-0.2, 0) is 9.59 Å². The summed E-state index contributed by atoms with van der Waals surface area (Å²) in [7, 11) is 0. The molecular formula is C13H12INO4S. The molecule has 7 heteroatoms. The van der Waals surface area contributed by atoms with Gasteiger partial charge in [0.05, 0.1) is 11.3 Å². The van der Waals surface area contributed by atoms with Crippen molar-refractivity contribution in [2.45, 2.75) is 18.6 Å². The maximum atomic E-state index is 12.0. The van der Waals surface area contributed by atoms with Gasteiger partial charge in [-0.25, -0.2) is 4.79 Å². The van der Waals surface area contributed by atoms with Gasteiger partial charge in [-0.05, 0) is 40.8 Å². The van der Waals surface area contributed by atoms with Gasteiger partial charge in [-0.3, -0.25) is 9.59 Å². The number of aromatic carboxylic acids is 1. The number of halogens is 1. The molecule has 2 rings (SSSR count). The molecule has 0 aliphatic carbocycles. The van der Waals surface area contributed by atoms with E-state index < -0.39 is 5.97 Å². The number of thioether (sulfide) groups is 1. The van der Waals surface area contributed by atoms with E-state index in [4.69, 9.17) is 0 Å². The van der Waals surface area contributed by atoms with E-state index in [9.17, 15) is 19.5 Å². The van der Waals surface area contributed by atoms with Crippen LogP contribution in [0.4, 0.5) is 5.69 Å². The smallest absolute Gasteiger partial charge is 0.337 e. The number of rotatable bonds is 3. The van der Waals surface area contributed by atoms with Crippen molar-refractivity contribution >= 4 is 57.0 Å². The van der Waals surface area contributed by atoms with E-state index in [1.54, 1.807) is 12.1 Å². The van der Waals surface area contributed by atoms with Crippen LogP contribution in [0, 0.1) is 3.57 Å². The molecule has 0 radical (unpaired) electrons. The van der Waals surface area contributed by atoms with Crippen molar-refractivity contribution < 1.29 is 19.5 Å². The van der Waals surface area contributed by atoms with Crippen LogP contribution in [0.25, 0.3) is 0 Å². The fourth-order valence-electron chi connectivity index (χ4n) is 2.14. The number of carboxylic acids is 1. The minimum atomic E-state index is -1.06. The Kier molecular flexibility index (Phi) is 4.69. The largest absolute Gasteiger partial charge is 0.478 e. The van der Waals surface area contributed by atoms with Crippen LogP contribution in [0.3, 0.4) is 0 Å². The molecule has 1 saturated heterocycles. The van der Waals surface area contributed by atoms with E-state index in [2.05, 4.69) is 0 Å². The molecule has 20 heavy (non-hydrogen) atoms. The SMILES string of the molecule is CC(=O)SC1CC(=O)N(c2ccc(I)cc2C(=O)O)C1. The number of nitrogens with zero attached hydrogens (tertiary/aromatic N) is 1. The van der Waals surface area contributed by atoms with Crippen molar-refractivity contribution in [3.63, 3.8) is 0 Å². The van der Waals surface area contributed by atoms with Crippen LogP contribution in [-0.4, -0.2) is 33.9 Å². The van der Waals surface area contributed by atoms with Gasteiger partial charge in [0.2, 0.25) is 5.91 Å². The lowest BCUT2D eigenvalue weighted by molar-refractivity contribution is -0.117. The van der Waals surface area contributed by atoms with E-state index >= 15 is 0 Å². The van der Waals surface area contributed by atoms with E-state index in [0.29, 0.717) is 12.2 Å². The van der Waals surface area contributed by atoms with Gasteiger partial charge in [-0.1, -0.05) is 11.8 Å². The first-order chi connectivity index (χ1) is 9.38. The zero-order valence-electron chi connectivity index (χ0n) is 10.6. The van der Waals surface area contributed by atoms with Crippen LogP contribution in [0.2, 0.25) is 0 Å². The third kappa shape index (κ3) is 3.32. The predicted molar refractivity (Wildman–Crippen MR) is 85.1 cm³/mol. The summed E-state index contributed by atoms with van der Waals surface area (Å²) in [5, 5.41) is 9.10. The predicted octanol–water partition coefficient (Wildman–Crippen LogP) is 2.37. The standard InChI is InChI=1S/C13H12INO4S/c1-7(16)20-9-5-12(17)15(6-9)11-3-2-8(14)4-10(11)13(18)19/h2-4,9H,5-6H2,1H3,(H,18,19). The Balaban J connectivity index is 2.30. The highest BCUT2D eigenvalue weighted by Gasteiger charge is 2.33. The minimum absolute atomic E-state index is 0.0364. The normalized spacial score (nSPS) is 18.4. The average Bonchev–Trinajstić information content (AvgIpc) is 2.69. The lowest BCUT2D eigenvalue weighted by atomic mass is 10.1. The Hall–Kier alpha value is -1.09. The van der Waals surface area contributed by atoms with Crippen molar-refractivity contribution in [1.82, 2.24) is 0 Å². The van der Waals surface area contributed by atoms with Crippen LogP contribution in [0.1, 0.15) is 23.7 Å². The fraction of sp³-hybridized carbons (Fsp3) is 0.308. The van der Waals surface area contributed by atoms with Crippen LogP contribution in [0.5, 0.6) is 0 Å². The third-order valence-corrected chi connectivity index (χ3v) is 4.55. The Bertz CT molecular complexity index is 590. The van der Waals surface area contributed by atoms with Crippen LogP contribution < -0.4 is 4.90 Å². The highest BCUT2D eigenvalue weighted by atomic mass is 127. The highest BCUT2D eigenvalue weighted by molar-refractivity contribution is 14.1. The van der Waals surface area contributed by atoms with E-state index in [0.717, 1.165) is 15.3 Å². The highest BCUT2D eigenvalue weighted by Crippen LogP contribution is 2.31. The molecular weight excluding hydrogens is 393 g/mol. The number of anilines is 1. The summed E-state index contributed by atoms with van der Waals surface area (Å²) in [5.41, 5.74) is 0.508. The van der Waals surface area contributed by atoms with Gasteiger partial charge in [0, 0.05) is 28.7 Å².